The van der Waals surface area contributed by atoms with Crippen LogP contribution in [-0.4, -0.2) is 72.8 Å². The Labute approximate surface area is 245 Å². The number of amides is 3. The zero-order chi connectivity index (χ0) is 30.8. The van der Waals surface area contributed by atoms with Crippen LogP contribution in [0.15, 0.2) is 40.9 Å². The molecule has 0 spiro atoms. The maximum atomic E-state index is 13.0. The molecule has 0 aliphatic rings. The number of aromatic nitrogens is 1. The number of unbranched alkanes of at least 4 members (excludes halogenated alkanes) is 1. The average molecular weight is 584 g/mol. The van der Waals surface area contributed by atoms with E-state index in [0.717, 1.165) is 12.8 Å². The molecule has 42 heavy (non-hydrogen) atoms. The number of anilines is 1. The van der Waals surface area contributed by atoms with E-state index >= 15 is 0 Å². The Bertz CT molecular complexity index is 1360. The molecule has 0 aliphatic carbocycles. The van der Waals surface area contributed by atoms with Crippen LogP contribution in [0.5, 0.6) is 17.2 Å². The summed E-state index contributed by atoms with van der Waals surface area (Å²) in [6.07, 6.45) is 1.47. The number of hydrogen-bond acceptors (Lipinski definition) is 9. The molecule has 0 fully saturated rings. The van der Waals surface area contributed by atoms with Crippen LogP contribution in [0.2, 0.25) is 0 Å². The summed E-state index contributed by atoms with van der Waals surface area (Å²) in [5.41, 5.74) is 6.47. The largest absolute Gasteiger partial charge is 0.493 e. The molecule has 4 N–H and O–H groups in total. The maximum absolute atomic E-state index is 13.0. The predicted molar refractivity (Wildman–Crippen MR) is 159 cm³/mol. The van der Waals surface area contributed by atoms with Crippen LogP contribution in [0.3, 0.4) is 0 Å². The second kappa shape index (κ2) is 15.1. The molecular formula is C30H41N5O7. The highest BCUT2D eigenvalue weighted by Crippen LogP contribution is 2.30. The number of rotatable bonds is 15. The Morgan fingerprint density at radius 3 is 2.29 bits per heavy atom. The van der Waals surface area contributed by atoms with Gasteiger partial charge in [-0.15, -0.1) is 0 Å². The van der Waals surface area contributed by atoms with Gasteiger partial charge in [0.05, 0.1) is 38.3 Å². The van der Waals surface area contributed by atoms with E-state index in [1.54, 1.807) is 43.5 Å². The molecule has 0 unspecified atom stereocenters. The monoisotopic (exact) mass is 583 g/mol. The zero-order valence-electron chi connectivity index (χ0n) is 25.1. The maximum Gasteiger partial charge on any atom is 0.254 e. The molecule has 0 saturated heterocycles. The van der Waals surface area contributed by atoms with Crippen LogP contribution in [0, 0.1) is 0 Å². The van der Waals surface area contributed by atoms with Crippen molar-refractivity contribution in [2.24, 2.45) is 5.73 Å². The second-order valence-electron chi connectivity index (χ2n) is 10.4. The highest BCUT2D eigenvalue weighted by atomic mass is 16.5. The molecule has 1 aromatic heterocycles. The minimum absolute atomic E-state index is 0.0468. The molecule has 1 atom stereocenters. The Hall–Kier alpha value is -4.32. The standard InChI is InChI=1S/C30H41N5O7/c1-18(2)35(19(3)4)30(38)21-9-12-24(26(15-21)39-6)41-14-8-7-13-40-22-10-11-23-25(16-22)42-34-28(23)33-27(36)17-32-29(37)20(5)31/h9-12,15-16,18-20H,7-8,13-14,17,31H2,1-6H3,(H,32,37)(H,33,34,36)/t20-/m0/s1. The van der Waals surface area contributed by atoms with E-state index in [9.17, 15) is 14.4 Å². The smallest absolute Gasteiger partial charge is 0.254 e. The van der Waals surface area contributed by atoms with E-state index in [2.05, 4.69) is 15.8 Å². The lowest BCUT2D eigenvalue weighted by Gasteiger charge is -2.31. The van der Waals surface area contributed by atoms with E-state index in [1.165, 1.54) is 6.92 Å². The van der Waals surface area contributed by atoms with Crippen molar-refractivity contribution in [3.05, 3.63) is 42.0 Å². The van der Waals surface area contributed by atoms with Gasteiger partial charge in [-0.2, -0.15) is 0 Å². The molecule has 0 aliphatic heterocycles. The van der Waals surface area contributed by atoms with Crippen LogP contribution in [-0.2, 0) is 9.59 Å². The number of nitrogens with zero attached hydrogens (tertiary/aromatic N) is 2. The van der Waals surface area contributed by atoms with Crippen molar-refractivity contribution in [2.75, 3.05) is 32.2 Å². The number of ether oxygens (including phenoxy) is 3. The third kappa shape index (κ3) is 8.59. The number of nitrogens with one attached hydrogen (secondary N) is 2. The Morgan fingerprint density at radius 1 is 0.952 bits per heavy atom. The summed E-state index contributed by atoms with van der Waals surface area (Å²) in [6, 6.07) is 9.89. The molecular weight excluding hydrogens is 542 g/mol. The van der Waals surface area contributed by atoms with Crippen molar-refractivity contribution in [3.63, 3.8) is 0 Å². The summed E-state index contributed by atoms with van der Waals surface area (Å²) < 4.78 is 22.6. The van der Waals surface area contributed by atoms with Crippen molar-refractivity contribution in [2.45, 2.75) is 65.6 Å². The van der Waals surface area contributed by atoms with Gasteiger partial charge < -0.3 is 40.0 Å². The fourth-order valence-electron chi connectivity index (χ4n) is 4.31. The van der Waals surface area contributed by atoms with Crippen LogP contribution >= 0.6 is 0 Å². The number of methoxy groups -OCH3 is 1. The van der Waals surface area contributed by atoms with Crippen molar-refractivity contribution in [3.8, 4) is 17.2 Å². The lowest BCUT2D eigenvalue weighted by atomic mass is 10.1. The van der Waals surface area contributed by atoms with E-state index in [4.69, 9.17) is 24.5 Å². The zero-order valence-corrected chi connectivity index (χ0v) is 25.1. The first-order valence-electron chi connectivity index (χ1n) is 14.0. The number of hydrogen-bond donors (Lipinski definition) is 3. The minimum atomic E-state index is -0.707. The molecule has 228 valence electrons. The van der Waals surface area contributed by atoms with Crippen molar-refractivity contribution >= 4 is 34.5 Å². The van der Waals surface area contributed by atoms with Gasteiger partial charge in [-0.1, -0.05) is 5.16 Å². The summed E-state index contributed by atoms with van der Waals surface area (Å²) in [5.74, 6) is 1.01. The molecule has 3 amide bonds. The number of carbonyl (C=O) groups is 3. The summed E-state index contributed by atoms with van der Waals surface area (Å²) in [7, 11) is 1.55. The lowest BCUT2D eigenvalue weighted by Crippen LogP contribution is -2.42. The summed E-state index contributed by atoms with van der Waals surface area (Å²) in [4.78, 5) is 38.5. The number of fused-ring (bicyclic) bond motifs is 1. The molecule has 12 nitrogen and oxygen atoms in total. The van der Waals surface area contributed by atoms with Gasteiger partial charge in [0.1, 0.15) is 5.75 Å². The van der Waals surface area contributed by atoms with Gasteiger partial charge in [-0.3, -0.25) is 14.4 Å². The Balaban J connectivity index is 1.45. The first kappa shape index (κ1) is 32.2. The van der Waals surface area contributed by atoms with Gasteiger partial charge in [0.15, 0.2) is 22.9 Å². The van der Waals surface area contributed by atoms with Crippen LogP contribution < -0.4 is 30.6 Å². The lowest BCUT2D eigenvalue weighted by molar-refractivity contribution is -0.124. The summed E-state index contributed by atoms with van der Waals surface area (Å²) in [6.45, 7) is 10.2. The fourth-order valence-corrected chi connectivity index (χ4v) is 4.31. The molecule has 1 heterocycles. The molecule has 0 saturated carbocycles. The van der Waals surface area contributed by atoms with Gasteiger partial charge in [-0.05, 0) is 77.8 Å². The van der Waals surface area contributed by atoms with Gasteiger partial charge in [-0.25, -0.2) is 0 Å². The quantitative estimate of drug-likeness (QED) is 0.227. The van der Waals surface area contributed by atoms with Crippen LogP contribution in [0.25, 0.3) is 11.0 Å². The topological polar surface area (TPSA) is 158 Å². The summed E-state index contributed by atoms with van der Waals surface area (Å²) in [5, 5.41) is 9.54. The van der Waals surface area contributed by atoms with E-state index in [1.807, 2.05) is 32.6 Å². The highest BCUT2D eigenvalue weighted by molar-refractivity contribution is 6.01. The van der Waals surface area contributed by atoms with Crippen molar-refractivity contribution in [1.82, 2.24) is 15.4 Å². The van der Waals surface area contributed by atoms with Crippen LogP contribution in [0.4, 0.5) is 5.82 Å². The van der Waals surface area contributed by atoms with E-state index in [-0.39, 0.29) is 30.4 Å². The second-order valence-corrected chi connectivity index (χ2v) is 10.4. The van der Waals surface area contributed by atoms with Crippen molar-refractivity contribution in [1.29, 1.82) is 0 Å². The first-order valence-corrected chi connectivity index (χ1v) is 14.0. The molecule has 2 aromatic carbocycles. The molecule has 0 bridgehead atoms. The SMILES string of the molecule is COc1cc(C(=O)N(C(C)C)C(C)C)ccc1OCCCCOc1ccc2c(NC(=O)CNC(=O)[C@H](C)N)noc2c1. The number of nitrogens with two attached hydrogens (primary N) is 1. The molecule has 3 rings (SSSR count). The van der Waals surface area contributed by atoms with E-state index in [0.29, 0.717) is 47.0 Å². The minimum Gasteiger partial charge on any atom is -0.493 e. The Kier molecular flexibility index (Phi) is 11.5. The average Bonchev–Trinajstić information content (AvgIpc) is 3.34. The van der Waals surface area contributed by atoms with Crippen molar-refractivity contribution < 1.29 is 33.1 Å². The number of benzene rings is 2. The van der Waals surface area contributed by atoms with Crippen LogP contribution in [0.1, 0.15) is 57.8 Å². The molecule has 12 heteroatoms. The third-order valence-electron chi connectivity index (χ3n) is 6.36. The van der Waals surface area contributed by atoms with E-state index < -0.39 is 17.9 Å². The molecule has 3 aromatic rings. The van der Waals surface area contributed by atoms with Gasteiger partial charge in [0, 0.05) is 23.7 Å². The third-order valence-corrected chi connectivity index (χ3v) is 6.36. The highest BCUT2D eigenvalue weighted by Gasteiger charge is 2.23. The summed E-state index contributed by atoms with van der Waals surface area (Å²) >= 11 is 0. The predicted octanol–water partition coefficient (Wildman–Crippen LogP) is 3.74. The van der Waals surface area contributed by atoms with Gasteiger partial charge in [0.25, 0.3) is 5.91 Å². The van der Waals surface area contributed by atoms with Gasteiger partial charge >= 0.3 is 0 Å². The normalized spacial score (nSPS) is 11.8. The van der Waals surface area contributed by atoms with Gasteiger partial charge in [0.2, 0.25) is 11.8 Å². The first-order chi connectivity index (χ1) is 20.0. The Morgan fingerprint density at radius 2 is 1.64 bits per heavy atom. The number of carbonyl (C=O) groups excluding carboxylic acids is 3. The molecule has 0 radical (unpaired) electrons. The fraction of sp³-hybridized carbons (Fsp3) is 0.467.